The molecule has 3 heteroatoms. The highest BCUT2D eigenvalue weighted by Gasteiger charge is 2.16. The highest BCUT2D eigenvalue weighted by Crippen LogP contribution is 2.26. The van der Waals surface area contributed by atoms with Crippen molar-refractivity contribution in [2.45, 2.75) is 26.9 Å². The van der Waals surface area contributed by atoms with Crippen LogP contribution < -0.4 is 10.5 Å². The van der Waals surface area contributed by atoms with Gasteiger partial charge < -0.3 is 14.9 Å². The number of aryl methyl sites for hydroxylation is 3. The second-order valence-electron chi connectivity index (χ2n) is 4.56. The third kappa shape index (κ3) is 2.74. The Hall–Kier alpha value is -1.74. The van der Waals surface area contributed by atoms with Gasteiger partial charge in [-0.2, -0.15) is 0 Å². The summed E-state index contributed by atoms with van der Waals surface area (Å²) in [5.41, 5.74) is 8.09. The maximum atomic E-state index is 5.93. The third-order valence-corrected chi connectivity index (χ3v) is 2.89. The smallest absolute Gasteiger partial charge is 0.168 e. The van der Waals surface area contributed by atoms with E-state index < -0.39 is 0 Å². The highest BCUT2D eigenvalue weighted by atomic mass is 16.5. The maximum Gasteiger partial charge on any atom is 0.168 e. The topological polar surface area (TPSA) is 48.4 Å². The predicted molar refractivity (Wildman–Crippen MR) is 71.8 cm³/mol. The number of benzene rings is 1. The zero-order valence-electron chi connectivity index (χ0n) is 11.1. The van der Waals surface area contributed by atoms with Gasteiger partial charge in [0.05, 0.1) is 0 Å². The zero-order chi connectivity index (χ0) is 13.1. The average Bonchev–Trinajstić information content (AvgIpc) is 2.75. The number of hydrogen-bond donors (Lipinski definition) is 1. The fourth-order valence-electron chi connectivity index (χ4n) is 1.93. The van der Waals surface area contributed by atoms with Crippen LogP contribution in [0, 0.1) is 20.8 Å². The monoisotopic (exact) mass is 245 g/mol. The lowest BCUT2D eigenvalue weighted by Gasteiger charge is -2.17. The van der Waals surface area contributed by atoms with Gasteiger partial charge >= 0.3 is 0 Å². The van der Waals surface area contributed by atoms with Crippen molar-refractivity contribution in [3.63, 3.8) is 0 Å². The molecule has 1 atom stereocenters. The Morgan fingerprint density at radius 3 is 2.50 bits per heavy atom. The van der Waals surface area contributed by atoms with Crippen LogP contribution in [0.2, 0.25) is 0 Å². The molecular formula is C15H19NO2. The van der Waals surface area contributed by atoms with Gasteiger partial charge in [0, 0.05) is 6.54 Å². The Bertz CT molecular complexity index is 531. The molecule has 0 saturated carbocycles. The van der Waals surface area contributed by atoms with Crippen LogP contribution in [-0.4, -0.2) is 6.54 Å². The normalized spacial score (nSPS) is 12.4. The Balaban J connectivity index is 2.20. The molecule has 1 aromatic heterocycles. The molecule has 0 aliphatic carbocycles. The van der Waals surface area contributed by atoms with Crippen molar-refractivity contribution >= 4 is 0 Å². The number of ether oxygens (including phenoxy) is 1. The van der Waals surface area contributed by atoms with Crippen molar-refractivity contribution in [3.05, 3.63) is 53.0 Å². The van der Waals surface area contributed by atoms with Crippen LogP contribution in [0.4, 0.5) is 0 Å². The minimum Gasteiger partial charge on any atom is -0.481 e. The zero-order valence-corrected chi connectivity index (χ0v) is 11.1. The first-order valence-electron chi connectivity index (χ1n) is 6.10. The molecule has 0 amide bonds. The predicted octanol–water partition coefficient (Wildman–Crippen LogP) is 3.28. The van der Waals surface area contributed by atoms with Gasteiger partial charge in [0.15, 0.2) is 6.10 Å². The van der Waals surface area contributed by atoms with E-state index in [4.69, 9.17) is 14.9 Å². The Labute approximate surface area is 108 Å². The SMILES string of the molecule is Cc1ccc(OC(CN)c2ccc(C)o2)c(C)c1. The third-order valence-electron chi connectivity index (χ3n) is 2.89. The summed E-state index contributed by atoms with van der Waals surface area (Å²) in [6, 6.07) is 9.93. The molecule has 0 fully saturated rings. The molecule has 18 heavy (non-hydrogen) atoms. The van der Waals surface area contributed by atoms with Gasteiger partial charge in [0.2, 0.25) is 0 Å². The van der Waals surface area contributed by atoms with E-state index >= 15 is 0 Å². The van der Waals surface area contributed by atoms with E-state index in [2.05, 4.69) is 13.0 Å². The molecule has 1 aromatic carbocycles. The molecule has 0 bridgehead atoms. The molecule has 1 unspecified atom stereocenters. The number of rotatable bonds is 4. The van der Waals surface area contributed by atoms with E-state index in [1.807, 2.05) is 38.1 Å². The van der Waals surface area contributed by atoms with Crippen LogP contribution >= 0.6 is 0 Å². The van der Waals surface area contributed by atoms with Gasteiger partial charge in [0.1, 0.15) is 17.3 Å². The van der Waals surface area contributed by atoms with Gasteiger partial charge in [-0.25, -0.2) is 0 Å². The highest BCUT2D eigenvalue weighted by molar-refractivity contribution is 5.36. The van der Waals surface area contributed by atoms with Crippen molar-refractivity contribution in [3.8, 4) is 5.75 Å². The molecule has 2 aromatic rings. The molecule has 1 heterocycles. The summed E-state index contributed by atoms with van der Waals surface area (Å²) in [6.07, 6.45) is -0.236. The second-order valence-corrected chi connectivity index (χ2v) is 4.56. The van der Waals surface area contributed by atoms with Crippen LogP contribution in [0.3, 0.4) is 0 Å². The van der Waals surface area contributed by atoms with Gasteiger partial charge in [-0.05, 0) is 44.5 Å². The van der Waals surface area contributed by atoms with E-state index in [1.165, 1.54) is 5.56 Å². The summed E-state index contributed by atoms with van der Waals surface area (Å²) in [5.74, 6) is 2.49. The van der Waals surface area contributed by atoms with E-state index in [1.54, 1.807) is 0 Å². The molecular weight excluding hydrogens is 226 g/mol. The summed E-state index contributed by atoms with van der Waals surface area (Å²) in [4.78, 5) is 0. The van der Waals surface area contributed by atoms with E-state index in [0.29, 0.717) is 6.54 Å². The minimum absolute atomic E-state index is 0.236. The second kappa shape index (κ2) is 5.27. The van der Waals surface area contributed by atoms with E-state index in [0.717, 1.165) is 22.8 Å². The Kier molecular flexibility index (Phi) is 3.72. The van der Waals surface area contributed by atoms with Crippen molar-refractivity contribution in [1.29, 1.82) is 0 Å². The quantitative estimate of drug-likeness (QED) is 0.899. The Morgan fingerprint density at radius 2 is 1.94 bits per heavy atom. The summed E-state index contributed by atoms with van der Waals surface area (Å²) in [7, 11) is 0. The molecule has 2 N–H and O–H groups in total. The number of furan rings is 1. The fourth-order valence-corrected chi connectivity index (χ4v) is 1.93. The molecule has 0 saturated heterocycles. The van der Waals surface area contributed by atoms with Gasteiger partial charge in [-0.1, -0.05) is 17.7 Å². The lowest BCUT2D eigenvalue weighted by molar-refractivity contribution is 0.181. The molecule has 0 radical (unpaired) electrons. The van der Waals surface area contributed by atoms with E-state index in [9.17, 15) is 0 Å². The molecule has 2 rings (SSSR count). The standard InChI is InChI=1S/C15H19NO2/c1-10-4-6-13(11(2)8-10)18-15(9-16)14-7-5-12(3)17-14/h4-8,15H,9,16H2,1-3H3. The lowest BCUT2D eigenvalue weighted by atomic mass is 10.1. The molecule has 0 spiro atoms. The van der Waals surface area contributed by atoms with Crippen LogP contribution in [0.5, 0.6) is 5.75 Å². The summed E-state index contributed by atoms with van der Waals surface area (Å²) in [6.45, 7) is 6.39. The summed E-state index contributed by atoms with van der Waals surface area (Å²) < 4.78 is 11.5. The van der Waals surface area contributed by atoms with Gasteiger partial charge in [0.25, 0.3) is 0 Å². The van der Waals surface area contributed by atoms with Crippen LogP contribution in [0.25, 0.3) is 0 Å². The first-order valence-corrected chi connectivity index (χ1v) is 6.10. The maximum absolute atomic E-state index is 5.93. The van der Waals surface area contributed by atoms with Crippen molar-refractivity contribution < 1.29 is 9.15 Å². The molecule has 0 aliphatic heterocycles. The summed E-state index contributed by atoms with van der Waals surface area (Å²) in [5, 5.41) is 0. The first kappa shape index (κ1) is 12.7. The van der Waals surface area contributed by atoms with Crippen molar-refractivity contribution in [1.82, 2.24) is 0 Å². The first-order chi connectivity index (χ1) is 8.60. The van der Waals surface area contributed by atoms with Gasteiger partial charge in [-0.3, -0.25) is 0 Å². The van der Waals surface area contributed by atoms with Crippen molar-refractivity contribution in [2.75, 3.05) is 6.54 Å². The minimum atomic E-state index is -0.236. The van der Waals surface area contributed by atoms with E-state index in [-0.39, 0.29) is 6.10 Å². The summed E-state index contributed by atoms with van der Waals surface area (Å²) >= 11 is 0. The van der Waals surface area contributed by atoms with Crippen LogP contribution in [0.1, 0.15) is 28.8 Å². The average molecular weight is 245 g/mol. The van der Waals surface area contributed by atoms with Crippen LogP contribution in [0.15, 0.2) is 34.7 Å². The van der Waals surface area contributed by atoms with Gasteiger partial charge in [-0.15, -0.1) is 0 Å². The molecule has 3 nitrogen and oxygen atoms in total. The number of nitrogens with two attached hydrogens (primary N) is 1. The fraction of sp³-hybridized carbons (Fsp3) is 0.333. The van der Waals surface area contributed by atoms with Crippen LogP contribution in [-0.2, 0) is 0 Å². The largest absolute Gasteiger partial charge is 0.481 e. The molecule has 96 valence electrons. The lowest BCUT2D eigenvalue weighted by Crippen LogP contribution is -2.18. The number of hydrogen-bond acceptors (Lipinski definition) is 3. The van der Waals surface area contributed by atoms with Crippen molar-refractivity contribution in [2.24, 2.45) is 5.73 Å². The molecule has 0 aliphatic rings. The Morgan fingerprint density at radius 1 is 1.17 bits per heavy atom.